The molecule has 0 saturated carbocycles. The summed E-state index contributed by atoms with van der Waals surface area (Å²) in [6.07, 6.45) is 0. The molecule has 4 nitrogen and oxygen atoms in total. The number of rotatable bonds is 5. The van der Waals surface area contributed by atoms with E-state index in [0.717, 1.165) is 28.5 Å². The highest BCUT2D eigenvalue weighted by molar-refractivity contribution is 7.16. The summed E-state index contributed by atoms with van der Waals surface area (Å²) >= 11 is 7.54. The van der Waals surface area contributed by atoms with E-state index in [2.05, 4.69) is 21.8 Å². The summed E-state index contributed by atoms with van der Waals surface area (Å²) in [6.45, 7) is 4.20. The monoisotopic (exact) mass is 333 g/mol. The predicted molar refractivity (Wildman–Crippen MR) is 91.5 cm³/mol. The third-order valence-corrected chi connectivity index (χ3v) is 4.71. The molecule has 0 saturated heterocycles. The first kappa shape index (κ1) is 15.2. The van der Waals surface area contributed by atoms with Crippen molar-refractivity contribution in [2.24, 2.45) is 0 Å². The predicted octanol–water partition coefficient (Wildman–Crippen LogP) is 3.66. The van der Waals surface area contributed by atoms with Gasteiger partial charge < -0.3 is 4.98 Å². The van der Waals surface area contributed by atoms with E-state index in [-0.39, 0.29) is 5.56 Å². The first-order chi connectivity index (χ1) is 10.7. The number of nitrogens with zero attached hydrogens (tertiary/aromatic N) is 2. The molecule has 0 spiro atoms. The molecular weight excluding hydrogens is 318 g/mol. The zero-order valence-electron chi connectivity index (χ0n) is 12.2. The van der Waals surface area contributed by atoms with Crippen LogP contribution < -0.4 is 5.56 Å². The van der Waals surface area contributed by atoms with Crippen molar-refractivity contribution in [3.63, 3.8) is 0 Å². The third kappa shape index (κ3) is 3.38. The molecule has 114 valence electrons. The number of aromatic nitrogens is 2. The molecule has 1 N–H and O–H groups in total. The highest BCUT2D eigenvalue weighted by Crippen LogP contribution is 2.23. The molecule has 0 amide bonds. The van der Waals surface area contributed by atoms with Gasteiger partial charge in [-0.05, 0) is 30.8 Å². The number of para-hydroxylation sites is 2. The van der Waals surface area contributed by atoms with E-state index in [1.807, 2.05) is 36.4 Å². The lowest BCUT2D eigenvalue weighted by Gasteiger charge is -2.18. The summed E-state index contributed by atoms with van der Waals surface area (Å²) in [7, 11) is 0. The van der Waals surface area contributed by atoms with Gasteiger partial charge in [0.25, 0.3) is 5.56 Å². The smallest absolute Gasteiger partial charge is 0.271 e. The van der Waals surface area contributed by atoms with Gasteiger partial charge in [-0.3, -0.25) is 9.69 Å². The van der Waals surface area contributed by atoms with E-state index in [9.17, 15) is 4.79 Å². The van der Waals surface area contributed by atoms with Gasteiger partial charge >= 0.3 is 0 Å². The van der Waals surface area contributed by atoms with E-state index in [0.29, 0.717) is 12.2 Å². The van der Waals surface area contributed by atoms with Crippen LogP contribution in [0.1, 0.15) is 17.5 Å². The summed E-state index contributed by atoms with van der Waals surface area (Å²) < 4.78 is 0.785. The summed E-state index contributed by atoms with van der Waals surface area (Å²) in [5.74, 6) is 0. The Morgan fingerprint density at radius 2 is 2.05 bits per heavy atom. The number of benzene rings is 1. The third-order valence-electron chi connectivity index (χ3n) is 3.50. The molecule has 1 aromatic carbocycles. The Balaban J connectivity index is 1.83. The molecule has 3 aromatic rings. The van der Waals surface area contributed by atoms with Crippen LogP contribution in [0, 0.1) is 0 Å². The molecule has 22 heavy (non-hydrogen) atoms. The van der Waals surface area contributed by atoms with Gasteiger partial charge in [-0.1, -0.05) is 30.7 Å². The van der Waals surface area contributed by atoms with Crippen LogP contribution in [0.15, 0.2) is 41.2 Å². The molecule has 0 aliphatic rings. The summed E-state index contributed by atoms with van der Waals surface area (Å²) in [4.78, 5) is 22.9. The lowest BCUT2D eigenvalue weighted by Crippen LogP contribution is -2.27. The van der Waals surface area contributed by atoms with Crippen LogP contribution in [0.4, 0.5) is 0 Å². The van der Waals surface area contributed by atoms with Crippen molar-refractivity contribution in [1.82, 2.24) is 14.9 Å². The van der Waals surface area contributed by atoms with Gasteiger partial charge in [0.15, 0.2) is 0 Å². The van der Waals surface area contributed by atoms with Crippen LogP contribution in [0.2, 0.25) is 4.34 Å². The molecule has 2 aromatic heterocycles. The minimum absolute atomic E-state index is 0.124. The number of aromatic amines is 1. The van der Waals surface area contributed by atoms with E-state index in [1.54, 1.807) is 11.3 Å². The number of thiophene rings is 1. The van der Waals surface area contributed by atoms with Crippen LogP contribution in [0.3, 0.4) is 0 Å². The number of hydrogen-bond acceptors (Lipinski definition) is 4. The highest BCUT2D eigenvalue weighted by atomic mass is 35.5. The van der Waals surface area contributed by atoms with Crippen molar-refractivity contribution in [2.75, 3.05) is 6.54 Å². The fourth-order valence-electron chi connectivity index (χ4n) is 2.32. The first-order valence-corrected chi connectivity index (χ1v) is 8.29. The molecule has 0 atom stereocenters. The zero-order chi connectivity index (χ0) is 15.5. The van der Waals surface area contributed by atoms with Gasteiger partial charge in [-0.15, -0.1) is 11.3 Å². The lowest BCUT2D eigenvalue weighted by molar-refractivity contribution is 0.269. The average Bonchev–Trinajstić information content (AvgIpc) is 2.92. The van der Waals surface area contributed by atoms with E-state index in [1.165, 1.54) is 4.88 Å². The summed E-state index contributed by atoms with van der Waals surface area (Å²) in [5.41, 5.74) is 2.00. The summed E-state index contributed by atoms with van der Waals surface area (Å²) in [6, 6.07) is 11.5. The maximum atomic E-state index is 12.2. The molecule has 2 heterocycles. The second-order valence-electron chi connectivity index (χ2n) is 5.04. The molecule has 6 heteroatoms. The van der Waals surface area contributed by atoms with Gasteiger partial charge in [-0.2, -0.15) is 0 Å². The van der Waals surface area contributed by atoms with Crippen molar-refractivity contribution in [3.8, 4) is 0 Å². The molecule has 0 aliphatic carbocycles. The molecular formula is C16H16ClN3OS. The van der Waals surface area contributed by atoms with Crippen molar-refractivity contribution < 1.29 is 0 Å². The van der Waals surface area contributed by atoms with E-state index >= 15 is 0 Å². The quantitative estimate of drug-likeness (QED) is 0.775. The maximum Gasteiger partial charge on any atom is 0.271 e. The zero-order valence-corrected chi connectivity index (χ0v) is 13.7. The first-order valence-electron chi connectivity index (χ1n) is 7.10. The van der Waals surface area contributed by atoms with Crippen LogP contribution in [-0.2, 0) is 13.1 Å². The Morgan fingerprint density at radius 3 is 2.77 bits per heavy atom. The highest BCUT2D eigenvalue weighted by Gasteiger charge is 2.11. The fourth-order valence-corrected chi connectivity index (χ4v) is 3.45. The molecule has 0 bridgehead atoms. The standard InChI is InChI=1S/C16H16ClN3OS/c1-2-20(9-11-7-8-15(17)22-11)10-14-16(21)19-13-6-4-3-5-12(13)18-14/h3-8H,2,9-10H2,1H3,(H,19,21). The Hall–Kier alpha value is -1.69. The van der Waals surface area contributed by atoms with Crippen molar-refractivity contribution in [1.29, 1.82) is 0 Å². The largest absolute Gasteiger partial charge is 0.319 e. The van der Waals surface area contributed by atoms with Crippen LogP contribution >= 0.6 is 22.9 Å². The molecule has 0 aliphatic heterocycles. The van der Waals surface area contributed by atoms with Gasteiger partial charge in [0.05, 0.1) is 15.4 Å². The number of nitrogens with one attached hydrogen (secondary N) is 1. The van der Waals surface area contributed by atoms with Gasteiger partial charge in [-0.25, -0.2) is 4.98 Å². The molecule has 0 fully saturated rings. The maximum absolute atomic E-state index is 12.2. The van der Waals surface area contributed by atoms with Crippen LogP contribution in [0.5, 0.6) is 0 Å². The number of halogens is 1. The van der Waals surface area contributed by atoms with Crippen LogP contribution in [0.25, 0.3) is 11.0 Å². The minimum atomic E-state index is -0.124. The fraction of sp³-hybridized carbons (Fsp3) is 0.250. The topological polar surface area (TPSA) is 49.0 Å². The normalized spacial score (nSPS) is 11.4. The second kappa shape index (κ2) is 6.60. The van der Waals surface area contributed by atoms with E-state index in [4.69, 9.17) is 11.6 Å². The molecule has 0 unspecified atom stereocenters. The minimum Gasteiger partial charge on any atom is -0.319 e. The van der Waals surface area contributed by atoms with Gasteiger partial charge in [0.1, 0.15) is 5.69 Å². The second-order valence-corrected chi connectivity index (χ2v) is 6.84. The Morgan fingerprint density at radius 1 is 1.23 bits per heavy atom. The van der Waals surface area contributed by atoms with Crippen molar-refractivity contribution in [2.45, 2.75) is 20.0 Å². The number of fused-ring (bicyclic) bond motifs is 1. The Kier molecular flexibility index (Phi) is 4.57. The van der Waals surface area contributed by atoms with Crippen molar-refractivity contribution in [3.05, 3.63) is 61.7 Å². The van der Waals surface area contributed by atoms with E-state index < -0.39 is 0 Å². The number of H-pyrrole nitrogens is 1. The Bertz CT molecular complexity index is 843. The molecule has 3 rings (SSSR count). The average molecular weight is 334 g/mol. The number of hydrogen-bond donors (Lipinski definition) is 1. The van der Waals surface area contributed by atoms with Crippen molar-refractivity contribution >= 4 is 34.0 Å². The lowest BCUT2D eigenvalue weighted by atomic mass is 10.3. The SMILES string of the molecule is CCN(Cc1ccc(Cl)s1)Cc1nc2ccccc2[nH]c1=O. The van der Waals surface area contributed by atoms with Gasteiger partial charge in [0.2, 0.25) is 0 Å². The summed E-state index contributed by atoms with van der Waals surface area (Å²) in [5, 5.41) is 0. The molecule has 0 radical (unpaired) electrons. The van der Waals surface area contributed by atoms with Gasteiger partial charge in [0, 0.05) is 18.0 Å². The van der Waals surface area contributed by atoms with Crippen LogP contribution in [-0.4, -0.2) is 21.4 Å². The Labute approximate surface area is 137 Å².